The van der Waals surface area contributed by atoms with Gasteiger partial charge in [0.15, 0.2) is 0 Å². The van der Waals surface area contributed by atoms with Gasteiger partial charge in [-0.1, -0.05) is 0 Å². The van der Waals surface area contributed by atoms with Crippen molar-refractivity contribution in [3.8, 4) is 0 Å². The predicted molar refractivity (Wildman–Crippen MR) is 52.4 cm³/mol. The maximum Gasteiger partial charge on any atom is 0.327 e. The van der Waals surface area contributed by atoms with E-state index in [9.17, 15) is 4.79 Å². The summed E-state index contributed by atoms with van der Waals surface area (Å²) in [5.41, 5.74) is 4.22. The van der Waals surface area contributed by atoms with Gasteiger partial charge in [0.05, 0.1) is 0 Å². The Hall–Kier alpha value is -0.610. The zero-order chi connectivity index (χ0) is 10.7. The zero-order valence-corrected chi connectivity index (χ0v) is 9.10. The number of rotatable bonds is 3. The van der Waals surface area contributed by atoms with Gasteiger partial charge in [0.2, 0.25) is 0 Å². The number of hydrogen-bond donors (Lipinski definition) is 2. The molecule has 4 nitrogen and oxygen atoms in total. The summed E-state index contributed by atoms with van der Waals surface area (Å²) in [6.45, 7) is 7.44. The highest BCUT2D eigenvalue weighted by Crippen LogP contribution is 2.12. The van der Waals surface area contributed by atoms with Crippen LogP contribution in [0.25, 0.3) is 0 Å². The minimum atomic E-state index is -0.784. The molecule has 13 heavy (non-hydrogen) atoms. The lowest BCUT2D eigenvalue weighted by molar-refractivity contribution is -0.161. The van der Waals surface area contributed by atoms with Crippen molar-refractivity contribution < 1.29 is 9.53 Å². The second-order valence-corrected chi connectivity index (χ2v) is 4.29. The smallest absolute Gasteiger partial charge is 0.327 e. The Morgan fingerprint density at radius 1 is 1.38 bits per heavy atom. The van der Waals surface area contributed by atoms with Crippen LogP contribution in [0.15, 0.2) is 0 Å². The first-order chi connectivity index (χ1) is 5.75. The van der Waals surface area contributed by atoms with Crippen molar-refractivity contribution in [2.24, 2.45) is 5.73 Å². The Morgan fingerprint density at radius 3 is 2.08 bits per heavy atom. The molecule has 1 unspecified atom stereocenters. The Balaban J connectivity index is 4.41. The number of ether oxygens (including phenoxy) is 1. The molecule has 0 fully saturated rings. The summed E-state index contributed by atoms with van der Waals surface area (Å²) in [6.07, 6.45) is 0. The lowest BCUT2D eigenvalue weighted by Gasteiger charge is -2.29. The Kier molecular flexibility index (Phi) is 3.88. The van der Waals surface area contributed by atoms with Gasteiger partial charge in [-0.25, -0.2) is 4.79 Å². The van der Waals surface area contributed by atoms with Gasteiger partial charge in [-0.3, -0.25) is 0 Å². The van der Waals surface area contributed by atoms with Crippen molar-refractivity contribution in [1.29, 1.82) is 0 Å². The molecule has 0 heterocycles. The quantitative estimate of drug-likeness (QED) is 0.624. The highest BCUT2D eigenvalue weighted by atomic mass is 16.6. The van der Waals surface area contributed by atoms with Gasteiger partial charge in [0.1, 0.15) is 11.1 Å². The van der Waals surface area contributed by atoms with Crippen LogP contribution in [0.4, 0.5) is 0 Å². The van der Waals surface area contributed by atoms with Crippen LogP contribution in [-0.2, 0) is 9.53 Å². The monoisotopic (exact) mass is 188 g/mol. The molecule has 0 rings (SSSR count). The molecule has 78 valence electrons. The Labute approximate surface area is 79.8 Å². The van der Waals surface area contributed by atoms with Gasteiger partial charge < -0.3 is 15.8 Å². The average Bonchev–Trinajstić information content (AvgIpc) is 2.00. The third-order valence-electron chi connectivity index (χ3n) is 1.81. The zero-order valence-electron chi connectivity index (χ0n) is 9.10. The van der Waals surface area contributed by atoms with E-state index in [0.717, 1.165) is 0 Å². The van der Waals surface area contributed by atoms with E-state index >= 15 is 0 Å². The highest BCUT2D eigenvalue weighted by Gasteiger charge is 2.34. The standard InChI is InChI=1S/C9H20N2O2/c1-8(2,3)13-7(12)9(4,6-10)11-5/h11H,6,10H2,1-5H3. The van der Waals surface area contributed by atoms with Crippen molar-refractivity contribution in [3.05, 3.63) is 0 Å². The highest BCUT2D eigenvalue weighted by molar-refractivity contribution is 5.81. The minimum Gasteiger partial charge on any atom is -0.459 e. The van der Waals surface area contributed by atoms with Gasteiger partial charge >= 0.3 is 5.97 Å². The molecular formula is C9H20N2O2. The molecule has 0 aliphatic rings. The summed E-state index contributed by atoms with van der Waals surface area (Å²) < 4.78 is 5.20. The van der Waals surface area contributed by atoms with E-state index in [1.807, 2.05) is 20.8 Å². The van der Waals surface area contributed by atoms with Crippen LogP contribution < -0.4 is 11.1 Å². The van der Waals surface area contributed by atoms with Crippen molar-refractivity contribution >= 4 is 5.97 Å². The molecule has 0 amide bonds. The molecular weight excluding hydrogens is 168 g/mol. The maximum atomic E-state index is 11.6. The van der Waals surface area contributed by atoms with Crippen LogP contribution >= 0.6 is 0 Å². The van der Waals surface area contributed by atoms with Gasteiger partial charge in [-0.15, -0.1) is 0 Å². The summed E-state index contributed by atoms with van der Waals surface area (Å²) in [4.78, 5) is 11.6. The van der Waals surface area contributed by atoms with Crippen LogP contribution in [0.1, 0.15) is 27.7 Å². The van der Waals surface area contributed by atoms with Gasteiger partial charge in [-0.05, 0) is 34.7 Å². The molecule has 0 saturated carbocycles. The molecule has 0 aromatic heterocycles. The third kappa shape index (κ3) is 3.74. The third-order valence-corrected chi connectivity index (χ3v) is 1.81. The predicted octanol–water partition coefficient (Wildman–Crippen LogP) is 0.265. The molecule has 0 aromatic rings. The van der Waals surface area contributed by atoms with Crippen molar-refractivity contribution in [1.82, 2.24) is 5.32 Å². The summed E-state index contributed by atoms with van der Waals surface area (Å²) >= 11 is 0. The molecule has 0 saturated heterocycles. The molecule has 0 radical (unpaired) electrons. The fourth-order valence-electron chi connectivity index (χ4n) is 0.678. The van der Waals surface area contributed by atoms with Crippen molar-refractivity contribution in [3.63, 3.8) is 0 Å². The van der Waals surface area contributed by atoms with Crippen molar-refractivity contribution in [2.75, 3.05) is 13.6 Å². The summed E-state index contributed by atoms with van der Waals surface area (Å²) in [7, 11) is 1.69. The lowest BCUT2D eigenvalue weighted by atomic mass is 10.0. The largest absolute Gasteiger partial charge is 0.459 e. The molecule has 0 aliphatic heterocycles. The summed E-state index contributed by atoms with van der Waals surface area (Å²) in [6, 6.07) is 0. The first-order valence-corrected chi connectivity index (χ1v) is 4.37. The second-order valence-electron chi connectivity index (χ2n) is 4.29. The summed E-state index contributed by atoms with van der Waals surface area (Å²) in [5.74, 6) is -0.315. The van der Waals surface area contributed by atoms with Crippen LogP contribution in [-0.4, -0.2) is 30.7 Å². The number of carbonyl (C=O) groups is 1. The van der Waals surface area contributed by atoms with E-state index in [4.69, 9.17) is 10.5 Å². The van der Waals surface area contributed by atoms with Crippen LogP contribution in [0.5, 0.6) is 0 Å². The minimum absolute atomic E-state index is 0.221. The number of carbonyl (C=O) groups excluding carboxylic acids is 1. The Morgan fingerprint density at radius 2 is 1.85 bits per heavy atom. The van der Waals surface area contributed by atoms with E-state index in [-0.39, 0.29) is 12.5 Å². The molecule has 0 spiro atoms. The van der Waals surface area contributed by atoms with Gasteiger partial charge in [-0.2, -0.15) is 0 Å². The van der Waals surface area contributed by atoms with Gasteiger partial charge in [0.25, 0.3) is 0 Å². The number of esters is 1. The molecule has 1 atom stereocenters. The van der Waals surface area contributed by atoms with Crippen molar-refractivity contribution in [2.45, 2.75) is 38.8 Å². The Bertz CT molecular complexity index is 181. The summed E-state index contributed by atoms with van der Waals surface area (Å²) in [5, 5.41) is 2.85. The van der Waals surface area contributed by atoms with E-state index in [1.54, 1.807) is 14.0 Å². The van der Waals surface area contributed by atoms with E-state index in [2.05, 4.69) is 5.32 Å². The van der Waals surface area contributed by atoms with E-state index < -0.39 is 11.1 Å². The second kappa shape index (κ2) is 4.07. The molecule has 4 heteroatoms. The van der Waals surface area contributed by atoms with Gasteiger partial charge in [0, 0.05) is 6.54 Å². The first kappa shape index (κ1) is 12.4. The molecule has 0 bridgehead atoms. The molecule has 3 N–H and O–H groups in total. The SMILES string of the molecule is CNC(C)(CN)C(=O)OC(C)(C)C. The molecule has 0 aliphatic carbocycles. The van der Waals surface area contributed by atoms with Crippen LogP contribution in [0.2, 0.25) is 0 Å². The fourth-order valence-corrected chi connectivity index (χ4v) is 0.678. The van der Waals surface area contributed by atoms with Crippen LogP contribution in [0, 0.1) is 0 Å². The van der Waals surface area contributed by atoms with Crippen LogP contribution in [0.3, 0.4) is 0 Å². The lowest BCUT2D eigenvalue weighted by Crippen LogP contribution is -2.55. The number of likely N-dealkylation sites (N-methyl/N-ethyl adjacent to an activating group) is 1. The number of hydrogen-bond acceptors (Lipinski definition) is 4. The number of nitrogens with two attached hydrogens (primary N) is 1. The van der Waals surface area contributed by atoms with E-state index in [1.165, 1.54) is 0 Å². The average molecular weight is 188 g/mol. The fraction of sp³-hybridized carbons (Fsp3) is 0.889. The maximum absolute atomic E-state index is 11.6. The molecule has 0 aromatic carbocycles. The van der Waals surface area contributed by atoms with E-state index in [0.29, 0.717) is 0 Å². The normalized spacial score (nSPS) is 16.5. The number of nitrogens with one attached hydrogen (secondary N) is 1. The topological polar surface area (TPSA) is 64.3 Å². The first-order valence-electron chi connectivity index (χ1n) is 4.37.